The van der Waals surface area contributed by atoms with Crippen LogP contribution in [0.2, 0.25) is 0 Å². The molecule has 1 heterocycles. The van der Waals surface area contributed by atoms with Gasteiger partial charge in [0.15, 0.2) is 0 Å². The molecule has 1 aliphatic rings. The highest BCUT2D eigenvalue weighted by Crippen LogP contribution is 2.44. The number of ether oxygens (including phenoxy) is 4. The first-order valence-corrected chi connectivity index (χ1v) is 11.9. The standard InChI is InChI=1S/C24H28F2N2O6S/c1-4-10-32-11-12-33-23(30)20-15(2)28-22(35-13-9-19(29)31-3)17(14-27)21(20)16-7-5-6-8-18(16)34-24(25)26/h5-8,21,24,28H,4,9-13H2,1-3H3. The van der Waals surface area contributed by atoms with Crippen molar-refractivity contribution in [2.45, 2.75) is 39.2 Å². The van der Waals surface area contributed by atoms with Crippen LogP contribution < -0.4 is 10.1 Å². The summed E-state index contributed by atoms with van der Waals surface area (Å²) < 4.78 is 46.3. The first-order valence-electron chi connectivity index (χ1n) is 10.9. The van der Waals surface area contributed by atoms with E-state index in [1.807, 2.05) is 6.92 Å². The highest BCUT2D eigenvalue weighted by atomic mass is 32.2. The SMILES string of the molecule is CCCOCCOC(=O)C1=C(C)NC(SCCC(=O)OC)=C(C#N)C1c1ccccc1OC(F)F. The molecule has 0 saturated heterocycles. The fourth-order valence-electron chi connectivity index (χ4n) is 3.39. The molecular weight excluding hydrogens is 482 g/mol. The molecule has 0 aromatic heterocycles. The van der Waals surface area contributed by atoms with Crippen LogP contribution >= 0.6 is 11.8 Å². The molecule has 1 aromatic rings. The number of allylic oxidation sites excluding steroid dienone is 2. The molecule has 0 spiro atoms. The van der Waals surface area contributed by atoms with E-state index < -0.39 is 24.5 Å². The summed E-state index contributed by atoms with van der Waals surface area (Å²) in [6, 6.07) is 8.08. The number of alkyl halides is 2. The van der Waals surface area contributed by atoms with Crippen LogP contribution in [0.5, 0.6) is 5.75 Å². The molecule has 0 fully saturated rings. The number of nitrogens with zero attached hydrogens (tertiary/aromatic N) is 1. The van der Waals surface area contributed by atoms with E-state index in [1.54, 1.807) is 13.0 Å². The van der Waals surface area contributed by atoms with Crippen molar-refractivity contribution in [1.82, 2.24) is 5.32 Å². The maximum atomic E-state index is 13.1. The number of halogens is 2. The number of methoxy groups -OCH3 is 1. The largest absolute Gasteiger partial charge is 0.469 e. The number of para-hydroxylation sites is 1. The molecule has 0 bridgehead atoms. The second-order valence-corrected chi connectivity index (χ2v) is 8.40. The fourth-order valence-corrected chi connectivity index (χ4v) is 4.40. The normalized spacial score (nSPS) is 15.5. The lowest BCUT2D eigenvalue weighted by molar-refractivity contribution is -0.141. The average Bonchev–Trinajstić information content (AvgIpc) is 2.83. The van der Waals surface area contributed by atoms with E-state index in [2.05, 4.69) is 16.1 Å². The fraction of sp³-hybridized carbons (Fsp3) is 0.458. The number of carbonyl (C=O) groups is 2. The van der Waals surface area contributed by atoms with Crippen molar-refractivity contribution < 1.29 is 37.3 Å². The van der Waals surface area contributed by atoms with E-state index in [0.29, 0.717) is 23.1 Å². The Morgan fingerprint density at radius 1 is 1.23 bits per heavy atom. The van der Waals surface area contributed by atoms with Crippen molar-refractivity contribution in [2.24, 2.45) is 0 Å². The van der Waals surface area contributed by atoms with Crippen molar-refractivity contribution in [3.05, 3.63) is 51.7 Å². The number of thioether (sulfide) groups is 1. The van der Waals surface area contributed by atoms with Crippen LogP contribution in [0.15, 0.2) is 46.1 Å². The number of carbonyl (C=O) groups excluding carboxylic acids is 2. The summed E-state index contributed by atoms with van der Waals surface area (Å²) in [6.45, 7) is 1.19. The summed E-state index contributed by atoms with van der Waals surface area (Å²) in [6.07, 6.45) is 0.911. The molecule has 8 nitrogen and oxygen atoms in total. The van der Waals surface area contributed by atoms with E-state index in [9.17, 15) is 23.6 Å². The van der Waals surface area contributed by atoms with Gasteiger partial charge in [-0.05, 0) is 19.4 Å². The number of hydrogen-bond acceptors (Lipinski definition) is 9. The highest BCUT2D eigenvalue weighted by Gasteiger charge is 2.37. The molecule has 0 saturated carbocycles. The number of hydrogen-bond donors (Lipinski definition) is 1. The Morgan fingerprint density at radius 2 is 1.97 bits per heavy atom. The first-order chi connectivity index (χ1) is 16.8. The molecule has 190 valence electrons. The van der Waals surface area contributed by atoms with Crippen LogP contribution in [0.1, 0.15) is 38.2 Å². The third kappa shape index (κ3) is 7.97. The lowest BCUT2D eigenvalue weighted by atomic mass is 9.82. The van der Waals surface area contributed by atoms with Crippen LogP contribution in [-0.2, 0) is 23.8 Å². The Balaban J connectivity index is 2.46. The molecule has 11 heteroatoms. The molecule has 1 N–H and O–H groups in total. The van der Waals surface area contributed by atoms with Gasteiger partial charge < -0.3 is 24.3 Å². The highest BCUT2D eigenvalue weighted by molar-refractivity contribution is 8.03. The van der Waals surface area contributed by atoms with Crippen LogP contribution in [-0.4, -0.2) is 51.2 Å². The zero-order chi connectivity index (χ0) is 25.8. The second-order valence-electron chi connectivity index (χ2n) is 7.29. The number of nitrogens with one attached hydrogen (secondary N) is 1. The average molecular weight is 511 g/mol. The van der Waals surface area contributed by atoms with Crippen LogP contribution in [0.3, 0.4) is 0 Å². The second kappa shape index (κ2) is 14.3. The monoisotopic (exact) mass is 510 g/mol. The lowest BCUT2D eigenvalue weighted by Crippen LogP contribution is -2.29. The van der Waals surface area contributed by atoms with Gasteiger partial charge in [-0.3, -0.25) is 4.79 Å². The third-order valence-corrected chi connectivity index (χ3v) is 5.92. The topological polar surface area (TPSA) is 107 Å². The van der Waals surface area contributed by atoms with E-state index >= 15 is 0 Å². The van der Waals surface area contributed by atoms with Crippen LogP contribution in [0.25, 0.3) is 0 Å². The van der Waals surface area contributed by atoms with Gasteiger partial charge in [0.25, 0.3) is 0 Å². The van der Waals surface area contributed by atoms with Crippen molar-refractivity contribution in [2.75, 3.05) is 32.7 Å². The smallest absolute Gasteiger partial charge is 0.387 e. The first kappa shape index (κ1) is 28.1. The Morgan fingerprint density at radius 3 is 2.63 bits per heavy atom. The van der Waals surface area contributed by atoms with Gasteiger partial charge in [-0.1, -0.05) is 25.1 Å². The lowest BCUT2D eigenvalue weighted by Gasteiger charge is -2.30. The molecule has 1 aliphatic heterocycles. The molecular formula is C24H28F2N2O6S. The van der Waals surface area contributed by atoms with Gasteiger partial charge in [0, 0.05) is 23.6 Å². The van der Waals surface area contributed by atoms with E-state index in [4.69, 9.17) is 14.2 Å². The van der Waals surface area contributed by atoms with Gasteiger partial charge in [-0.15, -0.1) is 11.8 Å². The number of rotatable bonds is 13. The van der Waals surface area contributed by atoms with E-state index in [0.717, 1.165) is 6.42 Å². The van der Waals surface area contributed by atoms with E-state index in [-0.39, 0.29) is 42.1 Å². The Bertz CT molecular complexity index is 1010. The molecule has 0 aliphatic carbocycles. The summed E-state index contributed by atoms with van der Waals surface area (Å²) in [5, 5.41) is 13.5. The predicted molar refractivity (Wildman–Crippen MR) is 125 cm³/mol. The third-order valence-electron chi connectivity index (χ3n) is 4.90. The van der Waals surface area contributed by atoms with Gasteiger partial charge in [-0.25, -0.2) is 4.79 Å². The number of nitriles is 1. The quantitative estimate of drug-likeness (QED) is 0.308. The summed E-state index contributed by atoms with van der Waals surface area (Å²) in [5.74, 6) is -2.02. The predicted octanol–water partition coefficient (Wildman–Crippen LogP) is 4.25. The summed E-state index contributed by atoms with van der Waals surface area (Å²) in [7, 11) is 1.28. The Kier molecular flexibility index (Phi) is 11.5. The van der Waals surface area contributed by atoms with Gasteiger partial charge in [0.1, 0.15) is 12.4 Å². The summed E-state index contributed by atoms with van der Waals surface area (Å²) >= 11 is 1.19. The van der Waals surface area contributed by atoms with Crippen molar-refractivity contribution in [3.8, 4) is 11.8 Å². The molecule has 1 aromatic carbocycles. The van der Waals surface area contributed by atoms with Gasteiger partial charge >= 0.3 is 18.6 Å². The molecule has 0 radical (unpaired) electrons. The van der Waals surface area contributed by atoms with Crippen LogP contribution in [0.4, 0.5) is 8.78 Å². The summed E-state index contributed by atoms with van der Waals surface area (Å²) in [5.41, 5.74) is 0.816. The molecule has 2 rings (SSSR count). The minimum absolute atomic E-state index is 0.0101. The zero-order valence-electron chi connectivity index (χ0n) is 19.8. The minimum atomic E-state index is -3.10. The maximum absolute atomic E-state index is 13.1. The summed E-state index contributed by atoms with van der Waals surface area (Å²) in [4.78, 5) is 24.6. The number of dihydropyridines is 1. The van der Waals surface area contributed by atoms with Gasteiger partial charge in [-0.2, -0.15) is 14.0 Å². The molecule has 1 unspecified atom stereocenters. The maximum Gasteiger partial charge on any atom is 0.387 e. The Labute approximate surface area is 207 Å². The van der Waals surface area contributed by atoms with Crippen LogP contribution in [0, 0.1) is 11.3 Å². The molecule has 0 amide bonds. The molecule has 1 atom stereocenters. The van der Waals surface area contributed by atoms with Gasteiger partial charge in [0.05, 0.1) is 48.3 Å². The van der Waals surface area contributed by atoms with Crippen molar-refractivity contribution >= 4 is 23.7 Å². The van der Waals surface area contributed by atoms with E-state index in [1.165, 1.54) is 37.1 Å². The van der Waals surface area contributed by atoms with Crippen molar-refractivity contribution in [3.63, 3.8) is 0 Å². The van der Waals surface area contributed by atoms with Crippen molar-refractivity contribution in [1.29, 1.82) is 5.26 Å². The molecule has 35 heavy (non-hydrogen) atoms. The Hall–Kier alpha value is -3.10. The number of esters is 2. The van der Waals surface area contributed by atoms with Gasteiger partial charge in [0.2, 0.25) is 0 Å². The number of benzene rings is 1. The zero-order valence-corrected chi connectivity index (χ0v) is 20.6. The minimum Gasteiger partial charge on any atom is -0.469 e.